The smallest absolute Gasteiger partial charge is 0.141 e. The van der Waals surface area contributed by atoms with Crippen LogP contribution in [0.25, 0.3) is 11.1 Å². The van der Waals surface area contributed by atoms with E-state index in [2.05, 4.69) is 30.3 Å². The van der Waals surface area contributed by atoms with Crippen LogP contribution < -0.4 is 10.5 Å². The first-order valence-corrected chi connectivity index (χ1v) is 6.82. The van der Waals surface area contributed by atoms with Crippen LogP contribution in [0.1, 0.15) is 30.7 Å². The minimum Gasteiger partial charge on any atom is -0.495 e. The topological polar surface area (TPSA) is 35.2 Å². The number of hydrogen-bond acceptors (Lipinski definition) is 2. The number of nitrogens with two attached hydrogens (primary N) is 1. The summed E-state index contributed by atoms with van der Waals surface area (Å²) in [7, 11) is 1.65. The lowest BCUT2D eigenvalue weighted by Crippen LogP contribution is -2.09. The normalized spacial score (nSPS) is 15.0. The first kappa shape index (κ1) is 12.1. The van der Waals surface area contributed by atoms with Crippen LogP contribution in [0.2, 0.25) is 0 Å². The lowest BCUT2D eigenvalue weighted by atomic mass is 9.77. The summed E-state index contributed by atoms with van der Waals surface area (Å²) in [6.07, 6.45) is 3.97. The Morgan fingerprint density at radius 1 is 1.11 bits per heavy atom. The van der Waals surface area contributed by atoms with Gasteiger partial charge in [-0.1, -0.05) is 36.8 Å². The van der Waals surface area contributed by atoms with Gasteiger partial charge in [0.1, 0.15) is 5.75 Å². The molecule has 0 saturated heterocycles. The maximum absolute atomic E-state index is 6.02. The molecule has 0 spiro atoms. The van der Waals surface area contributed by atoms with E-state index in [-0.39, 0.29) is 0 Å². The van der Waals surface area contributed by atoms with Gasteiger partial charge in [0.2, 0.25) is 0 Å². The molecule has 2 nitrogen and oxygen atoms in total. The highest BCUT2D eigenvalue weighted by atomic mass is 16.5. The Hall–Kier alpha value is -1.96. The van der Waals surface area contributed by atoms with Gasteiger partial charge in [-0.05, 0) is 47.6 Å². The molecule has 2 aromatic rings. The fourth-order valence-corrected chi connectivity index (χ4v) is 2.74. The van der Waals surface area contributed by atoms with Crippen molar-refractivity contribution in [3.05, 3.63) is 48.0 Å². The summed E-state index contributed by atoms with van der Waals surface area (Å²) >= 11 is 0. The molecule has 0 amide bonds. The van der Waals surface area contributed by atoms with Gasteiger partial charge in [-0.15, -0.1) is 0 Å². The SMILES string of the molecule is COc1ccc(-c2ccccc2C2CCC2)cc1N. The van der Waals surface area contributed by atoms with Crippen LogP contribution in [0.5, 0.6) is 5.75 Å². The van der Waals surface area contributed by atoms with Crippen LogP contribution in [0.15, 0.2) is 42.5 Å². The van der Waals surface area contributed by atoms with Gasteiger partial charge >= 0.3 is 0 Å². The lowest BCUT2D eigenvalue weighted by molar-refractivity contribution is 0.417. The zero-order valence-corrected chi connectivity index (χ0v) is 11.2. The van der Waals surface area contributed by atoms with Crippen LogP contribution in [0.3, 0.4) is 0 Å². The number of rotatable bonds is 3. The molecule has 1 aliphatic carbocycles. The van der Waals surface area contributed by atoms with Gasteiger partial charge in [-0.3, -0.25) is 0 Å². The van der Waals surface area contributed by atoms with Crippen molar-refractivity contribution in [2.75, 3.05) is 12.8 Å². The van der Waals surface area contributed by atoms with Gasteiger partial charge in [0.05, 0.1) is 12.8 Å². The van der Waals surface area contributed by atoms with E-state index in [9.17, 15) is 0 Å². The zero-order chi connectivity index (χ0) is 13.2. The Bertz CT molecular complexity index is 588. The summed E-state index contributed by atoms with van der Waals surface area (Å²) in [6, 6.07) is 14.7. The van der Waals surface area contributed by atoms with Crippen LogP contribution in [-0.2, 0) is 0 Å². The second-order valence-corrected chi connectivity index (χ2v) is 5.17. The molecule has 0 bridgehead atoms. The summed E-state index contributed by atoms with van der Waals surface area (Å²) in [5.41, 5.74) is 10.7. The number of benzene rings is 2. The number of anilines is 1. The van der Waals surface area contributed by atoms with E-state index in [1.54, 1.807) is 7.11 Å². The fourth-order valence-electron chi connectivity index (χ4n) is 2.74. The molecule has 0 radical (unpaired) electrons. The van der Waals surface area contributed by atoms with E-state index in [0.717, 1.165) is 11.7 Å². The maximum Gasteiger partial charge on any atom is 0.141 e. The molecule has 1 aliphatic rings. The Morgan fingerprint density at radius 3 is 2.53 bits per heavy atom. The largest absolute Gasteiger partial charge is 0.495 e. The minimum atomic E-state index is 0.698. The van der Waals surface area contributed by atoms with Crippen molar-refractivity contribution >= 4 is 5.69 Å². The predicted octanol–water partition coefficient (Wildman–Crippen LogP) is 4.21. The van der Waals surface area contributed by atoms with Crippen molar-refractivity contribution in [2.45, 2.75) is 25.2 Å². The van der Waals surface area contributed by atoms with Gasteiger partial charge in [0.15, 0.2) is 0 Å². The summed E-state index contributed by atoms with van der Waals surface area (Å²) in [4.78, 5) is 0. The molecule has 0 atom stereocenters. The Kier molecular flexibility index (Phi) is 3.16. The Balaban J connectivity index is 2.04. The molecule has 2 N–H and O–H groups in total. The molecule has 1 saturated carbocycles. The Labute approximate surface area is 114 Å². The third-order valence-electron chi connectivity index (χ3n) is 4.05. The molecule has 0 aliphatic heterocycles. The molecular weight excluding hydrogens is 234 g/mol. The summed E-state index contributed by atoms with van der Waals surface area (Å²) in [6.45, 7) is 0. The quantitative estimate of drug-likeness (QED) is 0.831. The molecule has 0 aromatic heterocycles. The first-order valence-electron chi connectivity index (χ1n) is 6.82. The highest BCUT2D eigenvalue weighted by Crippen LogP contribution is 2.41. The summed E-state index contributed by atoms with van der Waals surface area (Å²) < 4.78 is 5.22. The van der Waals surface area contributed by atoms with E-state index in [4.69, 9.17) is 10.5 Å². The van der Waals surface area contributed by atoms with Gasteiger partial charge in [-0.2, -0.15) is 0 Å². The molecule has 2 heteroatoms. The predicted molar refractivity (Wildman–Crippen MR) is 79.4 cm³/mol. The average molecular weight is 253 g/mol. The van der Waals surface area contributed by atoms with Crippen LogP contribution in [-0.4, -0.2) is 7.11 Å². The maximum atomic E-state index is 6.02. The van der Waals surface area contributed by atoms with Crippen molar-refractivity contribution in [2.24, 2.45) is 0 Å². The Morgan fingerprint density at radius 2 is 1.89 bits per heavy atom. The molecule has 0 unspecified atom stereocenters. The molecule has 3 rings (SSSR count). The van der Waals surface area contributed by atoms with E-state index < -0.39 is 0 Å². The highest BCUT2D eigenvalue weighted by molar-refractivity contribution is 5.73. The van der Waals surface area contributed by atoms with Gasteiger partial charge < -0.3 is 10.5 Å². The van der Waals surface area contributed by atoms with E-state index in [1.807, 2.05) is 12.1 Å². The second-order valence-electron chi connectivity index (χ2n) is 5.17. The lowest BCUT2D eigenvalue weighted by Gasteiger charge is -2.28. The van der Waals surface area contributed by atoms with E-state index in [1.165, 1.54) is 36.0 Å². The highest BCUT2D eigenvalue weighted by Gasteiger charge is 2.22. The third-order valence-corrected chi connectivity index (χ3v) is 4.05. The van der Waals surface area contributed by atoms with Crippen LogP contribution in [0, 0.1) is 0 Å². The second kappa shape index (κ2) is 4.96. The van der Waals surface area contributed by atoms with E-state index >= 15 is 0 Å². The monoisotopic (exact) mass is 253 g/mol. The van der Waals surface area contributed by atoms with Gasteiger partial charge in [0.25, 0.3) is 0 Å². The van der Waals surface area contributed by atoms with Gasteiger partial charge in [-0.25, -0.2) is 0 Å². The van der Waals surface area contributed by atoms with Crippen molar-refractivity contribution in [1.29, 1.82) is 0 Å². The molecule has 0 heterocycles. The van der Waals surface area contributed by atoms with E-state index in [0.29, 0.717) is 5.69 Å². The molecule has 98 valence electrons. The third kappa shape index (κ3) is 2.19. The summed E-state index contributed by atoms with van der Waals surface area (Å²) in [5, 5.41) is 0. The standard InChI is InChI=1S/C17H19NO/c1-19-17-10-9-13(11-16(17)18)15-8-3-2-7-14(15)12-5-4-6-12/h2-3,7-12H,4-6,18H2,1H3. The zero-order valence-electron chi connectivity index (χ0n) is 11.2. The molecular formula is C17H19NO. The number of ether oxygens (including phenoxy) is 1. The van der Waals surface area contributed by atoms with Crippen molar-refractivity contribution in [3.8, 4) is 16.9 Å². The average Bonchev–Trinajstić information content (AvgIpc) is 2.37. The van der Waals surface area contributed by atoms with Gasteiger partial charge in [0, 0.05) is 0 Å². The van der Waals surface area contributed by atoms with Crippen molar-refractivity contribution in [1.82, 2.24) is 0 Å². The minimum absolute atomic E-state index is 0.698. The number of hydrogen-bond donors (Lipinski definition) is 1. The fraction of sp³-hybridized carbons (Fsp3) is 0.294. The van der Waals surface area contributed by atoms with Crippen LogP contribution >= 0.6 is 0 Å². The van der Waals surface area contributed by atoms with Crippen molar-refractivity contribution in [3.63, 3.8) is 0 Å². The van der Waals surface area contributed by atoms with Crippen LogP contribution in [0.4, 0.5) is 5.69 Å². The summed E-state index contributed by atoms with van der Waals surface area (Å²) in [5.74, 6) is 1.46. The molecule has 19 heavy (non-hydrogen) atoms. The van der Waals surface area contributed by atoms with Crippen molar-refractivity contribution < 1.29 is 4.74 Å². The number of nitrogen functional groups attached to an aromatic ring is 1. The molecule has 1 fully saturated rings. The number of methoxy groups -OCH3 is 1. The molecule has 2 aromatic carbocycles. The first-order chi connectivity index (χ1) is 9.29.